The van der Waals surface area contributed by atoms with Crippen molar-refractivity contribution < 1.29 is 27.4 Å². The van der Waals surface area contributed by atoms with Gasteiger partial charge in [-0.1, -0.05) is 23.4 Å². The Morgan fingerprint density at radius 1 is 1.21 bits per heavy atom. The molecule has 0 atom stereocenters. The van der Waals surface area contributed by atoms with Crippen molar-refractivity contribution in [1.29, 1.82) is 0 Å². The van der Waals surface area contributed by atoms with Gasteiger partial charge in [0.25, 0.3) is 5.91 Å². The number of carbonyl (C=O) groups excluding carboxylic acids is 1. The van der Waals surface area contributed by atoms with E-state index in [1.54, 1.807) is 24.3 Å². The molecule has 0 unspecified atom stereocenters. The Kier molecular flexibility index (Phi) is 8.69. The van der Waals surface area contributed by atoms with Crippen LogP contribution in [-0.4, -0.2) is 72.3 Å². The zero-order valence-corrected chi connectivity index (χ0v) is 22.1. The number of rotatable bonds is 7. The number of imidazole rings is 1. The quantitative estimate of drug-likeness (QED) is 0.337. The van der Waals surface area contributed by atoms with Crippen molar-refractivity contribution in [2.75, 3.05) is 38.3 Å². The third kappa shape index (κ3) is 6.34. The summed E-state index contributed by atoms with van der Waals surface area (Å²) in [5.74, 6) is 4.78. The van der Waals surface area contributed by atoms with Crippen molar-refractivity contribution in [1.82, 2.24) is 20.0 Å². The van der Waals surface area contributed by atoms with Gasteiger partial charge in [0, 0.05) is 36.7 Å². The Morgan fingerprint density at radius 3 is 2.55 bits per heavy atom. The second-order valence-corrected chi connectivity index (χ2v) is 11.2. The number of aliphatic hydroxyl groups excluding tert-OH is 1. The van der Waals surface area contributed by atoms with E-state index in [-0.39, 0.29) is 59.2 Å². The molecular weight excluding hydrogens is 535 g/mol. The van der Waals surface area contributed by atoms with Crippen LogP contribution in [-0.2, 0) is 9.84 Å². The number of ether oxygens (including phenoxy) is 1. The molecule has 38 heavy (non-hydrogen) atoms. The number of aromatic nitrogens is 2. The monoisotopic (exact) mass is 560 g/mol. The van der Waals surface area contributed by atoms with E-state index in [9.17, 15) is 13.2 Å². The van der Waals surface area contributed by atoms with Crippen LogP contribution in [0.5, 0.6) is 5.88 Å². The first-order valence-electron chi connectivity index (χ1n) is 11.8. The number of benzene rings is 2. The molecule has 4 rings (SSSR count). The molecule has 2 aromatic carbocycles. The maximum absolute atomic E-state index is 15.0. The number of hydrogen-bond acceptors (Lipinski definition) is 7. The van der Waals surface area contributed by atoms with Crippen LogP contribution in [0.15, 0.2) is 42.5 Å². The lowest BCUT2D eigenvalue weighted by Gasteiger charge is -2.26. The summed E-state index contributed by atoms with van der Waals surface area (Å²) in [6, 6.07) is 11.2. The van der Waals surface area contributed by atoms with Gasteiger partial charge in [0.15, 0.2) is 21.4 Å². The summed E-state index contributed by atoms with van der Waals surface area (Å²) >= 11 is 5.95. The molecule has 2 heterocycles. The summed E-state index contributed by atoms with van der Waals surface area (Å²) in [5.41, 5.74) is 3.97. The summed E-state index contributed by atoms with van der Waals surface area (Å²) in [7, 11) is -1.76. The first-order valence-corrected chi connectivity index (χ1v) is 14.0. The highest BCUT2D eigenvalue weighted by Gasteiger charge is 2.29. The molecule has 1 amide bonds. The van der Waals surface area contributed by atoms with E-state index >= 15 is 4.39 Å². The maximum Gasteiger partial charge on any atom is 0.289 e. The van der Waals surface area contributed by atoms with Crippen LogP contribution in [0, 0.1) is 17.7 Å². The minimum Gasteiger partial charge on any atom is -0.480 e. The second kappa shape index (κ2) is 12.0. The average molecular weight is 561 g/mol. The number of nitrogens with one attached hydrogen (secondary N) is 1. The molecule has 1 aromatic heterocycles. The van der Waals surface area contributed by atoms with Gasteiger partial charge < -0.3 is 9.84 Å². The standard InChI is InChI=1S/C26H26ClFN4O5S/c1-37-26-23(25(34)30-31-12-15-38(35,36)16-13-31)29-24(21-11-8-19(27)17-22(21)28)32(26)20-9-6-18(7-10-20)5-3-2-4-14-33/h6-11,17,33H,2,4,12-16H2,1H3,(H,30,34). The van der Waals surface area contributed by atoms with Gasteiger partial charge in [-0.15, -0.1) is 0 Å². The Labute approximate surface area is 225 Å². The first-order chi connectivity index (χ1) is 18.2. The van der Waals surface area contributed by atoms with E-state index in [4.69, 9.17) is 21.4 Å². The van der Waals surface area contributed by atoms with E-state index in [2.05, 4.69) is 22.3 Å². The lowest BCUT2D eigenvalue weighted by Crippen LogP contribution is -2.50. The Hall–Kier alpha value is -3.43. The van der Waals surface area contributed by atoms with Gasteiger partial charge in [0.2, 0.25) is 5.88 Å². The number of sulfone groups is 1. The number of nitrogens with zero attached hydrogens (tertiary/aromatic N) is 3. The smallest absolute Gasteiger partial charge is 0.289 e. The summed E-state index contributed by atoms with van der Waals surface area (Å²) in [6.45, 7) is 0.345. The van der Waals surface area contributed by atoms with Crippen LogP contribution in [0.4, 0.5) is 4.39 Å². The van der Waals surface area contributed by atoms with E-state index in [0.29, 0.717) is 18.5 Å². The molecule has 1 saturated heterocycles. The van der Waals surface area contributed by atoms with Crippen LogP contribution in [0.25, 0.3) is 17.1 Å². The molecule has 200 valence electrons. The molecule has 1 fully saturated rings. The van der Waals surface area contributed by atoms with Gasteiger partial charge in [0.05, 0.1) is 29.9 Å². The molecule has 0 saturated carbocycles. The number of hydrogen-bond donors (Lipinski definition) is 2. The Bertz CT molecular complexity index is 1480. The molecule has 12 heteroatoms. The minimum atomic E-state index is -3.14. The minimum absolute atomic E-state index is 0.0678. The molecule has 0 spiro atoms. The fraction of sp³-hybridized carbons (Fsp3) is 0.308. The third-order valence-corrected chi connectivity index (χ3v) is 7.68. The van der Waals surface area contributed by atoms with Crippen LogP contribution < -0.4 is 10.2 Å². The summed E-state index contributed by atoms with van der Waals surface area (Å²) in [6.07, 6.45) is 1.15. The van der Waals surface area contributed by atoms with Crippen LogP contribution in [0.2, 0.25) is 5.02 Å². The molecule has 3 aromatic rings. The van der Waals surface area contributed by atoms with Crippen LogP contribution in [0.3, 0.4) is 0 Å². The zero-order chi connectivity index (χ0) is 27.3. The van der Waals surface area contributed by atoms with Gasteiger partial charge in [0.1, 0.15) is 5.82 Å². The molecule has 1 aliphatic rings. The van der Waals surface area contributed by atoms with Crippen molar-refractivity contribution in [3.05, 3.63) is 64.6 Å². The SMILES string of the molecule is COc1c(C(=O)NN2CCS(=O)(=O)CC2)nc(-c2ccc(Cl)cc2F)n1-c1ccc(C#CCCCO)cc1. The average Bonchev–Trinajstić information content (AvgIpc) is 3.28. The fourth-order valence-electron chi connectivity index (χ4n) is 3.88. The van der Waals surface area contributed by atoms with Crippen molar-refractivity contribution in [2.24, 2.45) is 0 Å². The predicted molar refractivity (Wildman–Crippen MR) is 141 cm³/mol. The molecule has 2 N–H and O–H groups in total. The molecule has 0 bridgehead atoms. The molecule has 9 nitrogen and oxygen atoms in total. The number of amides is 1. The van der Waals surface area contributed by atoms with Gasteiger partial charge in [-0.3, -0.25) is 14.8 Å². The van der Waals surface area contributed by atoms with Crippen molar-refractivity contribution >= 4 is 27.3 Å². The highest BCUT2D eigenvalue weighted by molar-refractivity contribution is 7.91. The number of carbonyl (C=O) groups is 1. The Balaban J connectivity index is 1.74. The lowest BCUT2D eigenvalue weighted by molar-refractivity contribution is 0.0793. The van der Waals surface area contributed by atoms with Gasteiger partial charge in [-0.25, -0.2) is 22.8 Å². The normalized spacial score (nSPS) is 14.9. The largest absolute Gasteiger partial charge is 0.480 e. The Morgan fingerprint density at radius 2 is 1.92 bits per heavy atom. The fourth-order valence-corrected chi connectivity index (χ4v) is 5.24. The number of methoxy groups -OCH3 is 1. The van der Waals surface area contributed by atoms with Crippen molar-refractivity contribution in [3.63, 3.8) is 0 Å². The summed E-state index contributed by atoms with van der Waals surface area (Å²) in [5, 5.41) is 10.6. The van der Waals surface area contributed by atoms with E-state index < -0.39 is 21.6 Å². The van der Waals surface area contributed by atoms with Crippen molar-refractivity contribution in [3.8, 4) is 34.8 Å². The molecule has 0 radical (unpaired) electrons. The predicted octanol–water partition coefficient (Wildman–Crippen LogP) is 2.84. The number of unbranched alkanes of at least 4 members (excludes halogenated alkanes) is 1. The molecule has 0 aliphatic carbocycles. The highest BCUT2D eigenvalue weighted by atomic mass is 35.5. The number of aliphatic hydroxyl groups is 1. The van der Waals surface area contributed by atoms with E-state index in [1.165, 1.54) is 28.8 Å². The summed E-state index contributed by atoms with van der Waals surface area (Å²) in [4.78, 5) is 17.7. The maximum atomic E-state index is 15.0. The van der Waals surface area contributed by atoms with E-state index in [1.807, 2.05) is 0 Å². The zero-order valence-electron chi connectivity index (χ0n) is 20.6. The number of halogens is 2. The number of hydrazine groups is 1. The summed E-state index contributed by atoms with van der Waals surface area (Å²) < 4.78 is 45.6. The first kappa shape index (κ1) is 27.6. The molecular formula is C26H26ClFN4O5S. The van der Waals surface area contributed by atoms with Gasteiger partial charge >= 0.3 is 0 Å². The third-order valence-electron chi connectivity index (χ3n) is 5.84. The van der Waals surface area contributed by atoms with Crippen LogP contribution >= 0.6 is 11.6 Å². The van der Waals surface area contributed by atoms with E-state index in [0.717, 1.165) is 11.6 Å². The highest BCUT2D eigenvalue weighted by Crippen LogP contribution is 2.34. The van der Waals surface area contributed by atoms with Crippen molar-refractivity contribution in [2.45, 2.75) is 12.8 Å². The van der Waals surface area contributed by atoms with Crippen LogP contribution in [0.1, 0.15) is 28.9 Å². The molecule has 1 aliphatic heterocycles. The second-order valence-electron chi connectivity index (χ2n) is 8.51. The lowest BCUT2D eigenvalue weighted by atomic mass is 10.1. The van der Waals surface area contributed by atoms with Gasteiger partial charge in [-0.05, 0) is 48.9 Å². The topological polar surface area (TPSA) is 114 Å². The van der Waals surface area contributed by atoms with Gasteiger partial charge in [-0.2, -0.15) is 0 Å².